The van der Waals surface area contributed by atoms with Crippen LogP contribution in [0.4, 0.5) is 11.4 Å². The summed E-state index contributed by atoms with van der Waals surface area (Å²) in [5.41, 5.74) is 1.87. The van der Waals surface area contributed by atoms with E-state index in [1.54, 1.807) is 5.41 Å². The largest absolute Gasteiger partial charge is 0.368 e. The molecule has 31 heavy (non-hydrogen) atoms. The van der Waals surface area contributed by atoms with Crippen molar-refractivity contribution in [2.24, 2.45) is 0 Å². The third kappa shape index (κ3) is 6.43. The zero-order valence-electron chi connectivity index (χ0n) is 17.2. The molecule has 0 spiro atoms. The number of nitrogens with zero attached hydrogens (tertiary/aromatic N) is 2. The van der Waals surface area contributed by atoms with Crippen molar-refractivity contribution < 1.29 is 9.59 Å². The molecule has 2 amide bonds. The molecular weight excluding hydrogens is 448 g/mol. The summed E-state index contributed by atoms with van der Waals surface area (Å²) in [7, 11) is 0. The first-order valence-electron chi connectivity index (χ1n) is 9.75. The molecule has 1 aromatic carbocycles. The number of carbonyl (C=O) groups is 2. The van der Waals surface area contributed by atoms with Crippen molar-refractivity contribution in [3.63, 3.8) is 0 Å². The number of thioether (sulfide) groups is 1. The van der Waals surface area contributed by atoms with Crippen LogP contribution in [0.2, 0.25) is 0 Å². The molecular formula is C22H24N4O2S3. The molecule has 0 unspecified atom stereocenters. The number of nitrogens with one attached hydrogen (secondary N) is 2. The Hall–Kier alpha value is -2.62. The van der Waals surface area contributed by atoms with Gasteiger partial charge in [0, 0.05) is 37.6 Å². The third-order valence-corrected chi connectivity index (χ3v) is 6.56. The molecule has 2 heterocycles. The molecule has 1 saturated heterocycles. The summed E-state index contributed by atoms with van der Waals surface area (Å²) in [5.74, 6) is -0.219. The second kappa shape index (κ2) is 11.1. The van der Waals surface area contributed by atoms with Gasteiger partial charge in [0.2, 0.25) is 0 Å². The van der Waals surface area contributed by atoms with Crippen LogP contribution in [0.3, 0.4) is 0 Å². The number of hydrogen-bond donors (Lipinski definition) is 2. The number of hydrogen-bond acceptors (Lipinski definition) is 6. The summed E-state index contributed by atoms with van der Waals surface area (Å²) in [4.78, 5) is 29.8. The molecule has 0 bridgehead atoms. The fraction of sp³-hybridized carbons (Fsp3) is 0.227. The SMILES string of the molecule is C=C(S/C=C\C)C(=O)NC(=S)Nc1ccc(N2CCN(C(=O)c3cccs3)CC2)cc1. The van der Waals surface area contributed by atoms with Crippen molar-refractivity contribution in [1.29, 1.82) is 0 Å². The second-order valence-corrected chi connectivity index (χ2v) is 9.08. The van der Waals surface area contributed by atoms with E-state index in [1.807, 2.05) is 59.7 Å². The average Bonchev–Trinajstić information content (AvgIpc) is 3.32. The average molecular weight is 473 g/mol. The van der Waals surface area contributed by atoms with Crippen molar-refractivity contribution in [3.05, 3.63) is 69.6 Å². The molecule has 2 aromatic rings. The number of benzene rings is 1. The molecule has 6 nitrogen and oxygen atoms in total. The monoisotopic (exact) mass is 472 g/mol. The van der Waals surface area contributed by atoms with Crippen molar-refractivity contribution in [1.82, 2.24) is 10.2 Å². The molecule has 162 valence electrons. The van der Waals surface area contributed by atoms with Crippen molar-refractivity contribution >= 4 is 63.6 Å². The van der Waals surface area contributed by atoms with Crippen LogP contribution >= 0.6 is 35.3 Å². The standard InChI is InChI=1S/C22H24N4O2S3/c1-3-14-30-16(2)20(27)24-22(29)23-17-6-8-18(9-7-17)25-10-12-26(13-11-25)21(28)19-5-4-15-31-19/h3-9,14-15H,2,10-13H2,1H3,(H2,23,24,27,29)/b14-3-. The lowest BCUT2D eigenvalue weighted by Gasteiger charge is -2.36. The fourth-order valence-electron chi connectivity index (χ4n) is 3.02. The van der Waals surface area contributed by atoms with E-state index < -0.39 is 0 Å². The zero-order chi connectivity index (χ0) is 22.2. The van der Waals surface area contributed by atoms with Crippen LogP contribution in [0.15, 0.2) is 64.7 Å². The molecule has 0 aliphatic carbocycles. The number of amides is 2. The van der Waals surface area contributed by atoms with E-state index in [0.717, 1.165) is 29.3 Å². The lowest BCUT2D eigenvalue weighted by Crippen LogP contribution is -2.48. The molecule has 0 radical (unpaired) electrons. The predicted molar refractivity (Wildman–Crippen MR) is 135 cm³/mol. The lowest BCUT2D eigenvalue weighted by molar-refractivity contribution is -0.115. The van der Waals surface area contributed by atoms with Crippen molar-refractivity contribution in [2.45, 2.75) is 6.92 Å². The molecule has 2 N–H and O–H groups in total. The number of rotatable bonds is 6. The molecule has 0 saturated carbocycles. The maximum absolute atomic E-state index is 12.5. The predicted octanol–water partition coefficient (Wildman–Crippen LogP) is 4.30. The van der Waals surface area contributed by atoms with E-state index in [0.29, 0.717) is 18.0 Å². The Kier molecular flexibility index (Phi) is 8.27. The van der Waals surface area contributed by atoms with Gasteiger partial charge in [0.15, 0.2) is 5.11 Å². The second-order valence-electron chi connectivity index (χ2n) is 6.72. The van der Waals surface area contributed by atoms with Gasteiger partial charge in [-0.25, -0.2) is 0 Å². The molecule has 1 aromatic heterocycles. The van der Waals surface area contributed by atoms with Gasteiger partial charge in [-0.1, -0.05) is 30.5 Å². The van der Waals surface area contributed by atoms with Crippen LogP contribution < -0.4 is 15.5 Å². The third-order valence-electron chi connectivity index (χ3n) is 4.62. The molecule has 9 heteroatoms. The number of allylic oxidation sites excluding steroid dienone is 1. The summed E-state index contributed by atoms with van der Waals surface area (Å²) >= 11 is 7.94. The van der Waals surface area contributed by atoms with E-state index in [9.17, 15) is 9.59 Å². The molecule has 3 rings (SSSR count). The van der Waals surface area contributed by atoms with E-state index in [1.165, 1.54) is 23.1 Å². The summed E-state index contributed by atoms with van der Waals surface area (Å²) in [6, 6.07) is 11.6. The highest BCUT2D eigenvalue weighted by molar-refractivity contribution is 8.06. The van der Waals surface area contributed by atoms with Crippen molar-refractivity contribution in [2.75, 3.05) is 36.4 Å². The Morgan fingerprint density at radius 3 is 2.48 bits per heavy atom. The summed E-state index contributed by atoms with van der Waals surface area (Å²) in [5, 5.41) is 9.57. The van der Waals surface area contributed by atoms with Crippen LogP contribution in [0.1, 0.15) is 16.6 Å². The summed E-state index contributed by atoms with van der Waals surface area (Å²) in [6.07, 6.45) is 1.84. The number of piperazine rings is 1. The number of carbonyl (C=O) groups excluding carboxylic acids is 2. The molecule has 1 fully saturated rings. The number of anilines is 2. The first-order valence-corrected chi connectivity index (χ1v) is 11.9. The van der Waals surface area contributed by atoms with Crippen LogP contribution in [0.5, 0.6) is 0 Å². The van der Waals surface area contributed by atoms with E-state index in [2.05, 4.69) is 22.1 Å². The summed E-state index contributed by atoms with van der Waals surface area (Å²) in [6.45, 7) is 8.56. The minimum atomic E-state index is -0.327. The number of thiophene rings is 1. The smallest absolute Gasteiger partial charge is 0.264 e. The first kappa shape index (κ1) is 23.1. The Balaban J connectivity index is 1.48. The zero-order valence-corrected chi connectivity index (χ0v) is 19.6. The first-order chi connectivity index (χ1) is 15.0. The molecule has 1 aliphatic rings. The quantitative estimate of drug-likeness (QED) is 0.483. The van der Waals surface area contributed by atoms with Crippen LogP contribution in [0.25, 0.3) is 0 Å². The fourth-order valence-corrected chi connectivity index (χ4v) is 4.38. The normalized spacial score (nSPS) is 13.8. The lowest BCUT2D eigenvalue weighted by atomic mass is 10.2. The maximum atomic E-state index is 12.5. The van der Waals surface area contributed by atoms with Gasteiger partial charge in [0.05, 0.1) is 9.78 Å². The van der Waals surface area contributed by atoms with Gasteiger partial charge in [-0.2, -0.15) is 0 Å². The molecule has 0 atom stereocenters. The Labute approximate surface area is 196 Å². The van der Waals surface area contributed by atoms with E-state index in [-0.39, 0.29) is 16.9 Å². The highest BCUT2D eigenvalue weighted by atomic mass is 32.2. The van der Waals surface area contributed by atoms with Gasteiger partial charge in [-0.15, -0.1) is 11.3 Å². The Morgan fingerprint density at radius 1 is 1.16 bits per heavy atom. The highest BCUT2D eigenvalue weighted by Crippen LogP contribution is 2.21. The Bertz CT molecular complexity index is 963. The van der Waals surface area contributed by atoms with Gasteiger partial charge >= 0.3 is 0 Å². The molecule has 1 aliphatic heterocycles. The summed E-state index contributed by atoms with van der Waals surface area (Å²) < 4.78 is 0. The van der Waals surface area contributed by atoms with Crippen LogP contribution in [-0.4, -0.2) is 48.0 Å². The van der Waals surface area contributed by atoms with E-state index in [4.69, 9.17) is 12.2 Å². The van der Waals surface area contributed by atoms with Crippen LogP contribution in [-0.2, 0) is 4.79 Å². The van der Waals surface area contributed by atoms with Crippen molar-refractivity contribution in [3.8, 4) is 0 Å². The van der Waals surface area contributed by atoms with Gasteiger partial charge < -0.3 is 15.1 Å². The van der Waals surface area contributed by atoms with Gasteiger partial charge in [-0.3, -0.25) is 14.9 Å². The van der Waals surface area contributed by atoms with E-state index >= 15 is 0 Å². The topological polar surface area (TPSA) is 64.7 Å². The van der Waals surface area contributed by atoms with Gasteiger partial charge in [0.1, 0.15) is 0 Å². The minimum absolute atomic E-state index is 0.108. The van der Waals surface area contributed by atoms with Gasteiger partial charge in [0.25, 0.3) is 11.8 Å². The highest BCUT2D eigenvalue weighted by Gasteiger charge is 2.22. The maximum Gasteiger partial charge on any atom is 0.264 e. The van der Waals surface area contributed by atoms with Gasteiger partial charge in [-0.05, 0) is 60.3 Å². The number of thiocarbonyl (C=S) groups is 1. The van der Waals surface area contributed by atoms with Crippen LogP contribution in [0, 0.1) is 0 Å². The Morgan fingerprint density at radius 2 is 1.87 bits per heavy atom. The minimum Gasteiger partial charge on any atom is -0.368 e.